The van der Waals surface area contributed by atoms with E-state index < -0.39 is 6.98 Å². The van der Waals surface area contributed by atoms with Gasteiger partial charge in [-0.15, -0.1) is 0 Å². The van der Waals surface area contributed by atoms with Crippen LogP contribution in [0.5, 0.6) is 0 Å². The lowest BCUT2D eigenvalue weighted by molar-refractivity contribution is 0.263. The Morgan fingerprint density at radius 2 is 1.91 bits per heavy atom. The molecule has 0 fully saturated rings. The highest BCUT2D eigenvalue weighted by atomic mass is 15.1. The second kappa shape index (κ2) is 5.59. The van der Waals surface area contributed by atoms with Crippen molar-refractivity contribution in [3.8, 4) is 0 Å². The summed E-state index contributed by atoms with van der Waals surface area (Å²) in [7, 11) is 0. The van der Waals surface area contributed by atoms with Gasteiger partial charge in [-0.25, -0.2) is 0 Å². The molecule has 0 amide bonds. The van der Waals surface area contributed by atoms with Crippen molar-refractivity contribution in [1.29, 1.82) is 0 Å². The van der Waals surface area contributed by atoms with E-state index in [4.69, 9.17) is 4.11 Å². The molecule has 0 aromatic rings. The van der Waals surface area contributed by atoms with E-state index in [1.807, 2.05) is 13.8 Å². The molecule has 0 aliphatic heterocycles. The quantitative estimate of drug-likeness (QED) is 0.598. The first-order chi connectivity index (χ1) is 6.25. The molecule has 0 rings (SSSR count). The lowest BCUT2D eigenvalue weighted by Gasteiger charge is -2.21. The van der Waals surface area contributed by atoms with Crippen LogP contribution < -0.4 is 0 Å². The largest absolute Gasteiger partial charge is 0.304 e. The SMILES string of the molecule is [2H]C([2H])([2H])N(CCCC(C)C)C(C)C. The molecule has 0 bridgehead atoms. The van der Waals surface area contributed by atoms with Gasteiger partial charge in [0.15, 0.2) is 0 Å². The first-order valence-corrected chi connectivity index (χ1v) is 4.52. The standard InChI is InChI=1S/C10H23N/c1-9(2)7-6-8-11(5)10(3)4/h9-10H,6-8H2,1-5H3/i5D3. The average molecular weight is 160 g/mol. The molecule has 0 spiro atoms. The van der Waals surface area contributed by atoms with E-state index in [1.165, 1.54) is 0 Å². The van der Waals surface area contributed by atoms with Gasteiger partial charge >= 0.3 is 0 Å². The number of rotatable bonds is 5. The zero-order valence-electron chi connectivity index (χ0n) is 11.2. The van der Waals surface area contributed by atoms with E-state index in [0.29, 0.717) is 12.5 Å². The Morgan fingerprint density at radius 1 is 1.27 bits per heavy atom. The maximum absolute atomic E-state index is 7.36. The topological polar surface area (TPSA) is 3.24 Å². The molecule has 0 atom stereocenters. The fourth-order valence-corrected chi connectivity index (χ4v) is 0.928. The van der Waals surface area contributed by atoms with Gasteiger partial charge in [0.2, 0.25) is 0 Å². The van der Waals surface area contributed by atoms with Crippen LogP contribution in [-0.4, -0.2) is 24.5 Å². The van der Waals surface area contributed by atoms with Crippen molar-refractivity contribution in [3.63, 3.8) is 0 Å². The van der Waals surface area contributed by atoms with Crippen LogP contribution >= 0.6 is 0 Å². The predicted molar refractivity (Wildman–Crippen MR) is 51.8 cm³/mol. The number of nitrogens with zero attached hydrogens (tertiary/aromatic N) is 1. The van der Waals surface area contributed by atoms with Crippen molar-refractivity contribution in [1.82, 2.24) is 4.90 Å². The summed E-state index contributed by atoms with van der Waals surface area (Å²) in [6.45, 7) is 6.92. The molecule has 0 heterocycles. The van der Waals surface area contributed by atoms with Crippen molar-refractivity contribution >= 4 is 0 Å². The molecular formula is C10H23N. The zero-order valence-corrected chi connectivity index (χ0v) is 8.22. The Kier molecular flexibility index (Phi) is 3.29. The minimum absolute atomic E-state index is 0.0923. The molecular weight excluding hydrogens is 134 g/mol. The van der Waals surface area contributed by atoms with E-state index in [-0.39, 0.29) is 6.04 Å². The first-order valence-electron chi connectivity index (χ1n) is 6.02. The Labute approximate surface area is 76.0 Å². The van der Waals surface area contributed by atoms with Crippen LogP contribution in [0.25, 0.3) is 0 Å². The molecule has 0 unspecified atom stereocenters. The van der Waals surface area contributed by atoms with Crippen LogP contribution in [0.15, 0.2) is 0 Å². The van der Waals surface area contributed by atoms with Gasteiger partial charge < -0.3 is 4.90 Å². The van der Waals surface area contributed by atoms with Crippen LogP contribution in [0, 0.1) is 5.92 Å². The monoisotopic (exact) mass is 160 g/mol. The Morgan fingerprint density at radius 3 is 2.27 bits per heavy atom. The summed E-state index contributed by atoms with van der Waals surface area (Å²) in [6.07, 6.45) is 2.06. The fraction of sp³-hybridized carbons (Fsp3) is 1.00. The van der Waals surface area contributed by atoms with Crippen LogP contribution in [0.3, 0.4) is 0 Å². The van der Waals surface area contributed by atoms with Gasteiger partial charge in [0, 0.05) is 10.2 Å². The van der Waals surface area contributed by atoms with Gasteiger partial charge in [-0.05, 0) is 46.1 Å². The van der Waals surface area contributed by atoms with Crippen molar-refractivity contribution in [3.05, 3.63) is 0 Å². The average Bonchev–Trinajstić information content (AvgIpc) is 1.94. The lowest BCUT2D eigenvalue weighted by Crippen LogP contribution is -2.27. The molecule has 68 valence electrons. The van der Waals surface area contributed by atoms with E-state index in [9.17, 15) is 0 Å². The first kappa shape index (κ1) is 6.47. The molecule has 0 aliphatic rings. The summed E-state index contributed by atoms with van der Waals surface area (Å²) in [5.74, 6) is 0.653. The minimum atomic E-state index is -1.94. The van der Waals surface area contributed by atoms with Crippen LogP contribution in [-0.2, 0) is 0 Å². The Balaban J connectivity index is 4.00. The van der Waals surface area contributed by atoms with Crippen LogP contribution in [0.2, 0.25) is 0 Å². The minimum Gasteiger partial charge on any atom is -0.304 e. The van der Waals surface area contributed by atoms with Gasteiger partial charge in [-0.1, -0.05) is 13.8 Å². The summed E-state index contributed by atoms with van der Waals surface area (Å²) >= 11 is 0. The van der Waals surface area contributed by atoms with Gasteiger partial charge in [0.25, 0.3) is 0 Å². The third-order valence-electron chi connectivity index (χ3n) is 1.80. The zero-order chi connectivity index (χ0) is 11.4. The maximum Gasteiger partial charge on any atom is 0.0394 e. The van der Waals surface area contributed by atoms with Crippen LogP contribution in [0.4, 0.5) is 0 Å². The predicted octanol–water partition coefficient (Wildman–Crippen LogP) is 2.76. The summed E-state index contributed by atoms with van der Waals surface area (Å²) in [4.78, 5) is 1.59. The molecule has 0 aliphatic carbocycles. The molecule has 0 radical (unpaired) electrons. The molecule has 0 saturated heterocycles. The van der Waals surface area contributed by atoms with Crippen LogP contribution in [0.1, 0.15) is 44.6 Å². The number of hydrogen-bond donors (Lipinski definition) is 0. The van der Waals surface area contributed by atoms with E-state index in [0.717, 1.165) is 12.8 Å². The highest BCUT2D eigenvalue weighted by Gasteiger charge is 2.02. The van der Waals surface area contributed by atoms with Crippen molar-refractivity contribution in [2.75, 3.05) is 13.5 Å². The summed E-state index contributed by atoms with van der Waals surface area (Å²) in [5.41, 5.74) is 0. The molecule has 11 heavy (non-hydrogen) atoms. The van der Waals surface area contributed by atoms with E-state index >= 15 is 0 Å². The molecule has 0 aromatic carbocycles. The molecule has 0 aromatic heterocycles. The third-order valence-corrected chi connectivity index (χ3v) is 1.80. The maximum atomic E-state index is 7.36. The van der Waals surface area contributed by atoms with Gasteiger partial charge in [0.1, 0.15) is 0 Å². The fourth-order valence-electron chi connectivity index (χ4n) is 0.928. The smallest absolute Gasteiger partial charge is 0.0394 e. The van der Waals surface area contributed by atoms with Crippen molar-refractivity contribution < 1.29 is 4.11 Å². The van der Waals surface area contributed by atoms with Crippen molar-refractivity contribution in [2.24, 2.45) is 5.92 Å². The Hall–Kier alpha value is -0.0400. The number of hydrogen-bond acceptors (Lipinski definition) is 1. The molecule has 0 N–H and O–H groups in total. The second-order valence-electron chi connectivity index (χ2n) is 3.82. The summed E-state index contributed by atoms with van der Waals surface area (Å²) in [5, 5.41) is 0. The normalized spacial score (nSPS) is 17.2. The lowest BCUT2D eigenvalue weighted by atomic mass is 10.1. The van der Waals surface area contributed by atoms with Gasteiger partial charge in [-0.3, -0.25) is 0 Å². The molecule has 0 saturated carbocycles. The summed E-state index contributed by atoms with van der Waals surface area (Å²) in [6, 6.07) is 0.0923. The third kappa shape index (κ3) is 6.36. The van der Waals surface area contributed by atoms with E-state index in [1.54, 1.807) is 4.90 Å². The Bertz CT molecular complexity index is 152. The van der Waals surface area contributed by atoms with Gasteiger partial charge in [-0.2, -0.15) is 0 Å². The molecule has 1 nitrogen and oxygen atoms in total. The van der Waals surface area contributed by atoms with E-state index in [2.05, 4.69) is 13.8 Å². The summed E-state index contributed by atoms with van der Waals surface area (Å²) < 4.78 is 22.1. The highest BCUT2D eigenvalue weighted by Crippen LogP contribution is 2.05. The van der Waals surface area contributed by atoms with Crippen molar-refractivity contribution in [2.45, 2.75) is 46.6 Å². The van der Waals surface area contributed by atoms with Gasteiger partial charge in [0.05, 0.1) is 0 Å². The highest BCUT2D eigenvalue weighted by molar-refractivity contribution is 4.57. The second-order valence-corrected chi connectivity index (χ2v) is 3.82. The molecule has 1 heteroatoms.